The van der Waals surface area contributed by atoms with E-state index in [-0.39, 0.29) is 42.0 Å². The molecule has 2 rings (SSSR count). The Morgan fingerprint density at radius 3 is 2.27 bits per heavy atom. The van der Waals surface area contributed by atoms with Crippen LogP contribution >= 0.6 is 0 Å². The van der Waals surface area contributed by atoms with Gasteiger partial charge in [0.25, 0.3) is 0 Å². The normalized spacial score (nSPS) is 20.3. The lowest BCUT2D eigenvalue weighted by Gasteiger charge is -2.40. The fraction of sp³-hybridized carbons (Fsp3) is 0.706. The molecule has 3 N–H and O–H groups in total. The van der Waals surface area contributed by atoms with Gasteiger partial charge in [-0.2, -0.15) is 0 Å². The van der Waals surface area contributed by atoms with Crippen LogP contribution in [0.4, 0.5) is 0 Å². The quantitative estimate of drug-likeness (QED) is 0.212. The summed E-state index contributed by atoms with van der Waals surface area (Å²) in [6.45, 7) is 11.9. The molecule has 45 heavy (non-hydrogen) atoms. The first-order chi connectivity index (χ1) is 21.3. The molecule has 0 bridgehead atoms. The van der Waals surface area contributed by atoms with Crippen molar-refractivity contribution in [1.29, 1.82) is 0 Å². The topological polar surface area (TPSA) is 138 Å². The highest BCUT2D eigenvalue weighted by molar-refractivity contribution is 5.84. The second-order valence-corrected chi connectivity index (χ2v) is 12.7. The van der Waals surface area contributed by atoms with Crippen molar-refractivity contribution < 1.29 is 33.8 Å². The summed E-state index contributed by atoms with van der Waals surface area (Å²) in [4.78, 5) is 55.4. The Morgan fingerprint density at radius 2 is 1.73 bits per heavy atom. The predicted molar refractivity (Wildman–Crippen MR) is 173 cm³/mol. The molecule has 0 aromatic heterocycles. The van der Waals surface area contributed by atoms with Crippen molar-refractivity contribution >= 4 is 24.1 Å². The Bertz CT molecular complexity index is 1090. The van der Waals surface area contributed by atoms with E-state index in [9.17, 15) is 24.3 Å². The summed E-state index contributed by atoms with van der Waals surface area (Å²) in [5.74, 6) is -1.33. The highest BCUT2D eigenvalue weighted by Crippen LogP contribution is 2.30. The number of nitrogens with one attached hydrogen (secondary N) is 2. The maximum absolute atomic E-state index is 13.9. The van der Waals surface area contributed by atoms with Crippen molar-refractivity contribution in [1.82, 2.24) is 20.4 Å². The van der Waals surface area contributed by atoms with Gasteiger partial charge in [-0.05, 0) is 37.2 Å². The molecule has 11 heteroatoms. The van der Waals surface area contributed by atoms with Crippen LogP contribution < -0.4 is 10.6 Å². The van der Waals surface area contributed by atoms with E-state index in [4.69, 9.17) is 9.47 Å². The van der Waals surface area contributed by atoms with E-state index in [0.29, 0.717) is 24.9 Å². The summed E-state index contributed by atoms with van der Waals surface area (Å²) in [5, 5.41) is 16.3. The number of rotatable bonds is 18. The number of benzene rings is 1. The molecule has 0 saturated carbocycles. The van der Waals surface area contributed by atoms with Crippen molar-refractivity contribution in [3.05, 3.63) is 35.9 Å². The molecule has 0 spiro atoms. The number of likely N-dealkylation sites (tertiary alicyclic amines) is 1. The molecule has 0 aliphatic carbocycles. The van der Waals surface area contributed by atoms with Crippen LogP contribution in [0.3, 0.4) is 0 Å². The number of nitrogens with zero attached hydrogens (tertiary/aromatic N) is 2. The average molecular weight is 633 g/mol. The lowest BCUT2D eigenvalue weighted by atomic mass is 9.89. The number of carbonyl (C=O) groups excluding carboxylic acids is 4. The third-order valence-corrected chi connectivity index (χ3v) is 9.42. The van der Waals surface area contributed by atoms with E-state index in [2.05, 4.69) is 10.6 Å². The van der Waals surface area contributed by atoms with Crippen molar-refractivity contribution in [2.45, 2.75) is 110 Å². The number of ether oxygens (including phenoxy) is 2. The SMILES string of the molecule is CCC(C)C(C(CC(=O)N1CCCC1C(OC)C(C)C(=O)NC(C)C(O)c1ccccc1)OC)N(C)C(=O)[C@@H](NC=O)C(C)C. The van der Waals surface area contributed by atoms with Crippen LogP contribution in [-0.2, 0) is 28.7 Å². The standard InChI is InChI=1S/C34H56N4O7/c1-10-22(4)30(37(7)34(43)29(21(2)3)35-20-39)27(44-8)19-28(40)38-18-14-17-26(38)32(45-9)23(5)33(42)36-24(6)31(41)25-15-12-11-13-16-25/h11-13,15-16,20-24,26-27,29-32,41H,10,14,17-19H2,1-9H3,(H,35,39)(H,36,42)/t22?,23?,24?,26?,27?,29-,30?,31?,32?/m0/s1. The molecular formula is C34H56N4O7. The number of carbonyl (C=O) groups is 4. The number of likely N-dealkylation sites (N-methyl/N-ethyl adjacent to an activating group) is 1. The fourth-order valence-corrected chi connectivity index (χ4v) is 6.52. The number of aliphatic hydroxyl groups is 1. The molecule has 8 unspecified atom stereocenters. The minimum Gasteiger partial charge on any atom is -0.386 e. The second-order valence-electron chi connectivity index (χ2n) is 12.7. The Morgan fingerprint density at radius 1 is 1.09 bits per heavy atom. The third kappa shape index (κ3) is 9.73. The van der Waals surface area contributed by atoms with Gasteiger partial charge in [-0.3, -0.25) is 19.2 Å². The molecule has 1 aliphatic rings. The summed E-state index contributed by atoms with van der Waals surface area (Å²) in [5.41, 5.74) is 0.712. The second kappa shape index (κ2) is 18.2. The molecule has 1 fully saturated rings. The monoisotopic (exact) mass is 632 g/mol. The highest BCUT2D eigenvalue weighted by Gasteiger charge is 2.42. The zero-order valence-electron chi connectivity index (χ0n) is 28.6. The molecular weight excluding hydrogens is 576 g/mol. The number of hydrogen-bond acceptors (Lipinski definition) is 7. The largest absolute Gasteiger partial charge is 0.386 e. The molecule has 1 aromatic rings. The van der Waals surface area contributed by atoms with Crippen LogP contribution in [0.25, 0.3) is 0 Å². The zero-order chi connectivity index (χ0) is 33.8. The van der Waals surface area contributed by atoms with Gasteiger partial charge in [-0.1, -0.05) is 71.4 Å². The van der Waals surface area contributed by atoms with Crippen molar-refractivity contribution in [2.75, 3.05) is 27.8 Å². The maximum Gasteiger partial charge on any atom is 0.245 e. The van der Waals surface area contributed by atoms with E-state index < -0.39 is 42.4 Å². The lowest BCUT2D eigenvalue weighted by Crippen LogP contribution is -2.57. The number of amides is 4. The van der Waals surface area contributed by atoms with Gasteiger partial charge in [0.1, 0.15) is 6.04 Å². The Hall–Kier alpha value is -3.02. The molecule has 9 atom stereocenters. The smallest absolute Gasteiger partial charge is 0.245 e. The van der Waals surface area contributed by atoms with Gasteiger partial charge >= 0.3 is 0 Å². The van der Waals surface area contributed by atoms with Crippen molar-refractivity contribution in [2.24, 2.45) is 17.8 Å². The van der Waals surface area contributed by atoms with E-state index in [1.165, 1.54) is 0 Å². The van der Waals surface area contributed by atoms with Crippen LogP contribution in [0.5, 0.6) is 0 Å². The van der Waals surface area contributed by atoms with Gasteiger partial charge in [0.15, 0.2) is 0 Å². The van der Waals surface area contributed by atoms with Crippen LogP contribution in [-0.4, -0.2) is 103 Å². The molecule has 4 amide bonds. The summed E-state index contributed by atoms with van der Waals surface area (Å²) < 4.78 is 11.8. The zero-order valence-corrected chi connectivity index (χ0v) is 28.6. The molecule has 1 aromatic carbocycles. The summed E-state index contributed by atoms with van der Waals surface area (Å²) in [6.07, 6.45) is 0.777. The first-order valence-electron chi connectivity index (χ1n) is 16.2. The van der Waals surface area contributed by atoms with Gasteiger partial charge in [-0.25, -0.2) is 0 Å². The van der Waals surface area contributed by atoms with Crippen molar-refractivity contribution in [3.63, 3.8) is 0 Å². The fourth-order valence-electron chi connectivity index (χ4n) is 6.52. The number of hydrogen-bond donors (Lipinski definition) is 3. The number of methoxy groups -OCH3 is 2. The van der Waals surface area contributed by atoms with Gasteiger partial charge in [-0.15, -0.1) is 0 Å². The average Bonchev–Trinajstić information content (AvgIpc) is 3.52. The highest BCUT2D eigenvalue weighted by atomic mass is 16.5. The van der Waals surface area contributed by atoms with Gasteiger partial charge in [0.05, 0.1) is 48.8 Å². The Labute approximate surface area is 269 Å². The van der Waals surface area contributed by atoms with Crippen molar-refractivity contribution in [3.8, 4) is 0 Å². The Balaban J connectivity index is 2.20. The van der Waals surface area contributed by atoms with E-state index in [0.717, 1.165) is 12.8 Å². The molecule has 11 nitrogen and oxygen atoms in total. The van der Waals surface area contributed by atoms with Gasteiger partial charge in [0.2, 0.25) is 24.1 Å². The maximum atomic E-state index is 13.9. The minimum absolute atomic E-state index is 0.0128. The van der Waals surface area contributed by atoms with Gasteiger partial charge < -0.3 is 35.0 Å². The third-order valence-electron chi connectivity index (χ3n) is 9.42. The summed E-state index contributed by atoms with van der Waals surface area (Å²) in [7, 11) is 4.80. The molecule has 1 saturated heterocycles. The van der Waals surface area contributed by atoms with E-state index >= 15 is 0 Å². The van der Waals surface area contributed by atoms with Crippen LogP contribution in [0.15, 0.2) is 30.3 Å². The lowest BCUT2D eigenvalue weighted by molar-refractivity contribution is -0.147. The van der Waals surface area contributed by atoms with Crippen LogP contribution in [0, 0.1) is 17.8 Å². The van der Waals surface area contributed by atoms with Crippen LogP contribution in [0.2, 0.25) is 0 Å². The molecule has 254 valence electrons. The Kier molecular flexibility index (Phi) is 15.4. The van der Waals surface area contributed by atoms with E-state index in [1.807, 2.05) is 58.0 Å². The van der Waals surface area contributed by atoms with Gasteiger partial charge in [0, 0.05) is 27.8 Å². The summed E-state index contributed by atoms with van der Waals surface area (Å²) >= 11 is 0. The molecule has 0 radical (unpaired) electrons. The summed E-state index contributed by atoms with van der Waals surface area (Å²) in [6, 6.07) is 7.22. The molecule has 1 aliphatic heterocycles. The predicted octanol–water partition coefficient (Wildman–Crippen LogP) is 2.92. The first kappa shape index (κ1) is 38.2. The van der Waals surface area contributed by atoms with Crippen LogP contribution in [0.1, 0.15) is 78.9 Å². The minimum atomic E-state index is -0.868. The molecule has 1 heterocycles. The first-order valence-corrected chi connectivity index (χ1v) is 16.2. The van der Waals surface area contributed by atoms with E-state index in [1.54, 1.807) is 44.9 Å². The number of aliphatic hydroxyl groups excluding tert-OH is 1.